The number of thioether (sulfide) groups is 1. The molecule has 0 unspecified atom stereocenters. The predicted molar refractivity (Wildman–Crippen MR) is 119 cm³/mol. The first-order valence-electron chi connectivity index (χ1n) is 9.19. The number of pyridine rings is 1. The fourth-order valence-electron chi connectivity index (χ4n) is 3.21. The number of rotatable bonds is 5. The van der Waals surface area contributed by atoms with Gasteiger partial charge in [0.1, 0.15) is 10.7 Å². The Hall–Kier alpha value is -3.30. The maximum absolute atomic E-state index is 12.8. The monoisotopic (exact) mass is 432 g/mol. The number of fused-ring (bicyclic) bond motifs is 1. The van der Waals surface area contributed by atoms with Crippen molar-refractivity contribution in [2.75, 3.05) is 0 Å². The highest BCUT2D eigenvalue weighted by Gasteiger charge is 2.15. The van der Waals surface area contributed by atoms with Crippen LogP contribution in [0, 0.1) is 0 Å². The Bertz CT molecular complexity index is 1380. The molecular weight excluding hydrogens is 416 g/mol. The summed E-state index contributed by atoms with van der Waals surface area (Å²) in [4.78, 5) is 25.2. The number of H-pyrrole nitrogens is 1. The van der Waals surface area contributed by atoms with E-state index in [4.69, 9.17) is 0 Å². The molecule has 4 aromatic heterocycles. The van der Waals surface area contributed by atoms with E-state index in [1.807, 2.05) is 59.5 Å². The minimum absolute atomic E-state index is 0.121. The highest BCUT2D eigenvalue weighted by Crippen LogP contribution is 2.31. The first-order chi connectivity index (χ1) is 14.7. The number of hydrogen-bond acceptors (Lipinski definition) is 7. The van der Waals surface area contributed by atoms with Crippen LogP contribution in [0.3, 0.4) is 0 Å². The Balaban J connectivity index is 1.41. The third-order valence-electron chi connectivity index (χ3n) is 4.67. The normalized spacial score (nSPS) is 11.2. The van der Waals surface area contributed by atoms with E-state index < -0.39 is 0 Å². The molecule has 0 saturated carbocycles. The molecule has 0 spiro atoms. The Morgan fingerprint density at radius 2 is 1.93 bits per heavy atom. The second-order valence-corrected chi connectivity index (χ2v) is 8.40. The first kappa shape index (κ1) is 18.7. The molecule has 5 rings (SSSR count). The average molecular weight is 433 g/mol. The second-order valence-electron chi connectivity index (χ2n) is 6.60. The molecule has 4 heterocycles. The summed E-state index contributed by atoms with van der Waals surface area (Å²) in [6, 6.07) is 13.7. The van der Waals surface area contributed by atoms with Gasteiger partial charge in [0.25, 0.3) is 5.56 Å². The van der Waals surface area contributed by atoms with Crippen molar-refractivity contribution in [1.29, 1.82) is 0 Å². The van der Waals surface area contributed by atoms with E-state index in [9.17, 15) is 4.79 Å². The SMILES string of the molecule is Cn1c(SCc2nc3scc(-c4ccccc4)c3c(=O)[nH]2)nnc1-c1cccnc1. The zero-order chi connectivity index (χ0) is 20.5. The van der Waals surface area contributed by atoms with E-state index >= 15 is 0 Å². The summed E-state index contributed by atoms with van der Waals surface area (Å²) in [5.74, 6) is 1.85. The van der Waals surface area contributed by atoms with Crippen LogP contribution in [-0.2, 0) is 12.8 Å². The lowest BCUT2D eigenvalue weighted by atomic mass is 10.1. The van der Waals surface area contributed by atoms with Gasteiger partial charge < -0.3 is 9.55 Å². The Morgan fingerprint density at radius 1 is 1.10 bits per heavy atom. The van der Waals surface area contributed by atoms with Gasteiger partial charge in [0.15, 0.2) is 11.0 Å². The molecule has 9 heteroatoms. The molecule has 148 valence electrons. The van der Waals surface area contributed by atoms with Crippen molar-refractivity contribution < 1.29 is 0 Å². The van der Waals surface area contributed by atoms with Gasteiger partial charge in [0.2, 0.25) is 0 Å². The summed E-state index contributed by atoms with van der Waals surface area (Å²) in [5, 5.41) is 11.9. The van der Waals surface area contributed by atoms with Crippen molar-refractivity contribution in [3.8, 4) is 22.5 Å². The fourth-order valence-corrected chi connectivity index (χ4v) is 4.96. The molecule has 0 aliphatic carbocycles. The van der Waals surface area contributed by atoms with Crippen molar-refractivity contribution in [2.24, 2.45) is 7.05 Å². The minimum Gasteiger partial charge on any atom is -0.309 e. The molecule has 0 fully saturated rings. The van der Waals surface area contributed by atoms with Gasteiger partial charge in [-0.1, -0.05) is 42.1 Å². The maximum atomic E-state index is 12.8. The van der Waals surface area contributed by atoms with Gasteiger partial charge in [-0.25, -0.2) is 4.98 Å². The van der Waals surface area contributed by atoms with E-state index in [1.54, 1.807) is 12.4 Å². The van der Waals surface area contributed by atoms with Crippen LogP contribution < -0.4 is 5.56 Å². The molecule has 0 bridgehead atoms. The molecule has 0 atom stereocenters. The van der Waals surface area contributed by atoms with E-state index in [1.165, 1.54) is 23.1 Å². The van der Waals surface area contributed by atoms with E-state index in [0.717, 1.165) is 32.5 Å². The summed E-state index contributed by atoms with van der Waals surface area (Å²) in [6.45, 7) is 0. The van der Waals surface area contributed by atoms with Crippen LogP contribution in [0.5, 0.6) is 0 Å². The number of aromatic amines is 1. The molecule has 1 N–H and O–H groups in total. The lowest BCUT2D eigenvalue weighted by molar-refractivity contribution is 0.792. The van der Waals surface area contributed by atoms with Gasteiger partial charge in [-0.05, 0) is 17.7 Å². The Morgan fingerprint density at radius 3 is 2.73 bits per heavy atom. The number of thiophene rings is 1. The molecular formula is C21H16N6OS2. The third kappa shape index (κ3) is 3.42. The standard InChI is InChI=1S/C21H16N6OS2/c1-27-18(14-8-5-9-22-10-14)25-26-21(27)30-12-16-23-19(28)17-15(11-29-20(17)24-16)13-6-3-2-4-7-13/h2-11H,12H2,1H3,(H,23,24,28). The molecule has 7 nitrogen and oxygen atoms in total. The van der Waals surface area contributed by atoms with Crippen molar-refractivity contribution in [3.63, 3.8) is 0 Å². The summed E-state index contributed by atoms with van der Waals surface area (Å²) in [5.41, 5.74) is 2.71. The highest BCUT2D eigenvalue weighted by molar-refractivity contribution is 7.98. The summed E-state index contributed by atoms with van der Waals surface area (Å²) in [6.07, 6.45) is 3.48. The van der Waals surface area contributed by atoms with Gasteiger partial charge in [0.05, 0.1) is 11.1 Å². The smallest absolute Gasteiger partial charge is 0.260 e. The minimum atomic E-state index is -0.121. The van der Waals surface area contributed by atoms with Crippen molar-refractivity contribution in [3.05, 3.63) is 76.4 Å². The molecule has 0 radical (unpaired) electrons. The van der Waals surface area contributed by atoms with Gasteiger partial charge in [-0.3, -0.25) is 9.78 Å². The zero-order valence-electron chi connectivity index (χ0n) is 15.9. The van der Waals surface area contributed by atoms with E-state index in [0.29, 0.717) is 17.0 Å². The number of hydrogen-bond donors (Lipinski definition) is 1. The van der Waals surface area contributed by atoms with E-state index in [-0.39, 0.29) is 5.56 Å². The quantitative estimate of drug-likeness (QED) is 0.420. The molecule has 1 aromatic carbocycles. The molecule has 30 heavy (non-hydrogen) atoms. The summed E-state index contributed by atoms with van der Waals surface area (Å²) in [7, 11) is 1.91. The molecule has 0 aliphatic heterocycles. The molecule has 5 aromatic rings. The molecule has 0 saturated heterocycles. The van der Waals surface area contributed by atoms with Crippen LogP contribution in [0.2, 0.25) is 0 Å². The lowest BCUT2D eigenvalue weighted by Crippen LogP contribution is -2.10. The van der Waals surface area contributed by atoms with Gasteiger partial charge >= 0.3 is 0 Å². The zero-order valence-corrected chi connectivity index (χ0v) is 17.6. The van der Waals surface area contributed by atoms with Crippen LogP contribution >= 0.6 is 23.1 Å². The van der Waals surface area contributed by atoms with Crippen LogP contribution in [0.15, 0.2) is 70.2 Å². The third-order valence-corrected chi connectivity index (χ3v) is 6.57. The van der Waals surface area contributed by atoms with E-state index in [2.05, 4.69) is 25.1 Å². The first-order valence-corrected chi connectivity index (χ1v) is 11.1. The van der Waals surface area contributed by atoms with Crippen molar-refractivity contribution in [2.45, 2.75) is 10.9 Å². The average Bonchev–Trinajstić information content (AvgIpc) is 3.37. The number of nitrogens with one attached hydrogen (secondary N) is 1. The van der Waals surface area contributed by atoms with Crippen LogP contribution in [0.25, 0.3) is 32.7 Å². The van der Waals surface area contributed by atoms with Crippen LogP contribution in [0.1, 0.15) is 5.82 Å². The summed E-state index contributed by atoms with van der Waals surface area (Å²) < 4.78 is 1.91. The predicted octanol–water partition coefficient (Wildman–Crippen LogP) is 4.13. The number of nitrogens with zero attached hydrogens (tertiary/aromatic N) is 5. The second kappa shape index (κ2) is 7.85. The van der Waals surface area contributed by atoms with Crippen molar-refractivity contribution in [1.82, 2.24) is 29.7 Å². The van der Waals surface area contributed by atoms with Gasteiger partial charge in [0, 0.05) is 35.9 Å². The highest BCUT2D eigenvalue weighted by atomic mass is 32.2. The summed E-state index contributed by atoms with van der Waals surface area (Å²) >= 11 is 2.96. The van der Waals surface area contributed by atoms with Crippen LogP contribution in [0.4, 0.5) is 0 Å². The van der Waals surface area contributed by atoms with Crippen molar-refractivity contribution >= 4 is 33.3 Å². The molecule has 0 amide bonds. The van der Waals surface area contributed by atoms with Gasteiger partial charge in [-0.15, -0.1) is 21.5 Å². The van der Waals surface area contributed by atoms with Gasteiger partial charge in [-0.2, -0.15) is 0 Å². The maximum Gasteiger partial charge on any atom is 0.260 e. The number of benzene rings is 1. The molecule has 0 aliphatic rings. The Labute approximate surface area is 179 Å². The lowest BCUT2D eigenvalue weighted by Gasteiger charge is -2.04. The Kier molecular flexibility index (Phi) is 4.89. The topological polar surface area (TPSA) is 89.4 Å². The van der Waals surface area contributed by atoms with Crippen LogP contribution in [-0.4, -0.2) is 29.7 Å². The fraction of sp³-hybridized carbons (Fsp3) is 0.0952. The largest absolute Gasteiger partial charge is 0.309 e. The number of aromatic nitrogens is 6.